The van der Waals surface area contributed by atoms with Gasteiger partial charge in [0.15, 0.2) is 0 Å². The summed E-state index contributed by atoms with van der Waals surface area (Å²) in [7, 11) is 0. The van der Waals surface area contributed by atoms with Gasteiger partial charge in [-0.25, -0.2) is 0 Å². The minimum absolute atomic E-state index is 0.0985. The maximum atomic E-state index is 12.6. The van der Waals surface area contributed by atoms with Gasteiger partial charge in [0.2, 0.25) is 5.91 Å². The highest BCUT2D eigenvalue weighted by molar-refractivity contribution is 5.88. The Morgan fingerprint density at radius 2 is 1.89 bits per heavy atom. The SMILES string of the molecule is CCCN(CC(=O)O)C(=O)C(C)(C)N1CCNCC1. The molecule has 0 aromatic rings. The van der Waals surface area contributed by atoms with Crippen molar-refractivity contribution in [1.29, 1.82) is 0 Å². The van der Waals surface area contributed by atoms with Crippen molar-refractivity contribution in [1.82, 2.24) is 15.1 Å². The van der Waals surface area contributed by atoms with Gasteiger partial charge < -0.3 is 15.3 Å². The summed E-state index contributed by atoms with van der Waals surface area (Å²) >= 11 is 0. The lowest BCUT2D eigenvalue weighted by atomic mass is 9.99. The summed E-state index contributed by atoms with van der Waals surface area (Å²) < 4.78 is 0. The third-order valence-electron chi connectivity index (χ3n) is 3.54. The monoisotopic (exact) mass is 271 g/mol. The van der Waals surface area contributed by atoms with Gasteiger partial charge in [0.25, 0.3) is 0 Å². The lowest BCUT2D eigenvalue weighted by Crippen LogP contribution is -2.61. The number of hydrogen-bond acceptors (Lipinski definition) is 4. The highest BCUT2D eigenvalue weighted by atomic mass is 16.4. The second-order valence-electron chi connectivity index (χ2n) is 5.42. The first-order valence-electron chi connectivity index (χ1n) is 6.86. The Labute approximate surface area is 114 Å². The van der Waals surface area contributed by atoms with Crippen molar-refractivity contribution < 1.29 is 14.7 Å². The van der Waals surface area contributed by atoms with E-state index in [0.717, 1.165) is 32.6 Å². The summed E-state index contributed by atoms with van der Waals surface area (Å²) in [4.78, 5) is 27.0. The molecule has 1 aliphatic heterocycles. The van der Waals surface area contributed by atoms with Crippen molar-refractivity contribution in [3.05, 3.63) is 0 Å². The fourth-order valence-corrected chi connectivity index (χ4v) is 2.43. The molecule has 1 rings (SSSR count). The van der Waals surface area contributed by atoms with E-state index >= 15 is 0 Å². The first-order valence-corrected chi connectivity index (χ1v) is 6.86. The average molecular weight is 271 g/mol. The van der Waals surface area contributed by atoms with Gasteiger partial charge in [0.05, 0.1) is 5.54 Å². The molecule has 6 heteroatoms. The van der Waals surface area contributed by atoms with Gasteiger partial charge in [-0.15, -0.1) is 0 Å². The lowest BCUT2D eigenvalue weighted by molar-refractivity contribution is -0.150. The van der Waals surface area contributed by atoms with Gasteiger partial charge in [-0.1, -0.05) is 6.92 Å². The zero-order valence-electron chi connectivity index (χ0n) is 12.1. The van der Waals surface area contributed by atoms with Crippen LogP contribution in [0, 0.1) is 0 Å². The Hall–Kier alpha value is -1.14. The molecule has 1 saturated heterocycles. The number of carboxylic acids is 1. The van der Waals surface area contributed by atoms with E-state index in [1.54, 1.807) is 0 Å². The number of carboxylic acid groups (broad SMARTS) is 1. The third kappa shape index (κ3) is 4.18. The summed E-state index contributed by atoms with van der Waals surface area (Å²) in [6.07, 6.45) is 0.761. The van der Waals surface area contributed by atoms with E-state index in [1.807, 2.05) is 20.8 Å². The molecule has 0 atom stereocenters. The number of amides is 1. The molecule has 19 heavy (non-hydrogen) atoms. The molecule has 0 spiro atoms. The smallest absolute Gasteiger partial charge is 0.323 e. The van der Waals surface area contributed by atoms with E-state index < -0.39 is 11.5 Å². The Bertz CT molecular complexity index is 325. The largest absolute Gasteiger partial charge is 0.480 e. The summed E-state index contributed by atoms with van der Waals surface area (Å²) in [6.45, 7) is 9.32. The molecule has 0 bridgehead atoms. The quantitative estimate of drug-likeness (QED) is 0.711. The molecule has 2 N–H and O–H groups in total. The molecule has 0 saturated carbocycles. The predicted molar refractivity (Wildman–Crippen MR) is 73.0 cm³/mol. The molecule has 0 aromatic heterocycles. The Kier molecular flexibility index (Phi) is 5.75. The molecule has 110 valence electrons. The number of carbonyl (C=O) groups is 2. The summed E-state index contributed by atoms with van der Waals surface area (Å²) in [6, 6.07) is 0. The van der Waals surface area contributed by atoms with Crippen LogP contribution < -0.4 is 5.32 Å². The van der Waals surface area contributed by atoms with Crippen LogP contribution in [-0.4, -0.2) is 71.6 Å². The fourth-order valence-electron chi connectivity index (χ4n) is 2.43. The molecular weight excluding hydrogens is 246 g/mol. The molecule has 1 fully saturated rings. The minimum atomic E-state index is -0.960. The topological polar surface area (TPSA) is 72.9 Å². The maximum Gasteiger partial charge on any atom is 0.323 e. The van der Waals surface area contributed by atoms with Crippen molar-refractivity contribution in [3.8, 4) is 0 Å². The molecule has 1 aliphatic rings. The Morgan fingerprint density at radius 3 is 2.37 bits per heavy atom. The van der Waals surface area contributed by atoms with Crippen molar-refractivity contribution in [2.45, 2.75) is 32.7 Å². The summed E-state index contributed by atoms with van der Waals surface area (Å²) in [5, 5.41) is 12.2. The molecule has 6 nitrogen and oxygen atoms in total. The van der Waals surface area contributed by atoms with Crippen molar-refractivity contribution in [2.24, 2.45) is 0 Å². The molecule has 0 radical (unpaired) electrons. The number of nitrogens with one attached hydrogen (secondary N) is 1. The number of aliphatic carboxylic acids is 1. The van der Waals surface area contributed by atoms with Crippen LogP contribution in [0.4, 0.5) is 0 Å². The second-order valence-corrected chi connectivity index (χ2v) is 5.42. The van der Waals surface area contributed by atoms with E-state index in [-0.39, 0.29) is 12.5 Å². The zero-order valence-corrected chi connectivity index (χ0v) is 12.1. The third-order valence-corrected chi connectivity index (χ3v) is 3.54. The van der Waals surface area contributed by atoms with E-state index in [1.165, 1.54) is 4.90 Å². The van der Waals surface area contributed by atoms with Crippen LogP contribution in [0.15, 0.2) is 0 Å². The van der Waals surface area contributed by atoms with Crippen molar-refractivity contribution in [3.63, 3.8) is 0 Å². The van der Waals surface area contributed by atoms with Gasteiger partial charge in [-0.2, -0.15) is 0 Å². The van der Waals surface area contributed by atoms with Crippen molar-refractivity contribution >= 4 is 11.9 Å². The van der Waals surface area contributed by atoms with Crippen molar-refractivity contribution in [2.75, 3.05) is 39.3 Å². The van der Waals surface area contributed by atoms with E-state index in [2.05, 4.69) is 10.2 Å². The van der Waals surface area contributed by atoms with Crippen LogP contribution in [0.5, 0.6) is 0 Å². The average Bonchev–Trinajstić information content (AvgIpc) is 2.38. The molecule has 0 aromatic carbocycles. The summed E-state index contributed by atoms with van der Waals surface area (Å²) in [5.74, 6) is -1.06. The van der Waals surface area contributed by atoms with Gasteiger partial charge in [0, 0.05) is 32.7 Å². The van der Waals surface area contributed by atoms with Crippen LogP contribution in [0.1, 0.15) is 27.2 Å². The first kappa shape index (κ1) is 15.9. The minimum Gasteiger partial charge on any atom is -0.480 e. The number of hydrogen-bond donors (Lipinski definition) is 2. The normalized spacial score (nSPS) is 17.2. The lowest BCUT2D eigenvalue weighted by Gasteiger charge is -2.42. The number of carbonyl (C=O) groups excluding carboxylic acids is 1. The maximum absolute atomic E-state index is 12.6. The highest BCUT2D eigenvalue weighted by Crippen LogP contribution is 2.18. The fraction of sp³-hybridized carbons (Fsp3) is 0.846. The standard InChI is InChI=1S/C13H25N3O3/c1-4-7-15(10-11(17)18)12(19)13(2,3)16-8-5-14-6-9-16/h14H,4-10H2,1-3H3,(H,17,18). The number of piperazine rings is 1. The van der Waals surface area contributed by atoms with Crippen LogP contribution in [0.2, 0.25) is 0 Å². The number of rotatable bonds is 6. The predicted octanol–water partition coefficient (Wildman–Crippen LogP) is -0.00660. The second kappa shape index (κ2) is 6.86. The zero-order chi connectivity index (χ0) is 14.5. The van der Waals surface area contributed by atoms with Gasteiger partial charge in [-0.3, -0.25) is 14.5 Å². The highest BCUT2D eigenvalue weighted by Gasteiger charge is 2.38. The first-order chi connectivity index (χ1) is 8.89. The van der Waals surface area contributed by atoms with Gasteiger partial charge in [-0.05, 0) is 20.3 Å². The molecule has 1 amide bonds. The van der Waals surface area contributed by atoms with E-state index in [4.69, 9.17) is 5.11 Å². The molecule has 0 unspecified atom stereocenters. The Morgan fingerprint density at radius 1 is 1.32 bits per heavy atom. The van der Waals surface area contributed by atoms with Gasteiger partial charge in [0.1, 0.15) is 6.54 Å². The Balaban J connectivity index is 2.77. The van der Waals surface area contributed by atoms with Crippen LogP contribution in [0.25, 0.3) is 0 Å². The van der Waals surface area contributed by atoms with Crippen LogP contribution >= 0.6 is 0 Å². The van der Waals surface area contributed by atoms with E-state index in [9.17, 15) is 9.59 Å². The number of nitrogens with zero attached hydrogens (tertiary/aromatic N) is 2. The van der Waals surface area contributed by atoms with Gasteiger partial charge >= 0.3 is 5.97 Å². The van der Waals surface area contributed by atoms with Crippen LogP contribution in [0.3, 0.4) is 0 Å². The summed E-state index contributed by atoms with van der Waals surface area (Å²) in [5.41, 5.74) is -0.646. The van der Waals surface area contributed by atoms with E-state index in [0.29, 0.717) is 6.54 Å². The van der Waals surface area contributed by atoms with Crippen LogP contribution in [-0.2, 0) is 9.59 Å². The molecular formula is C13H25N3O3. The molecule has 1 heterocycles. The molecule has 0 aliphatic carbocycles.